The number of anilines is 1. The number of carbonyl (C=O) groups excluding carboxylic acids is 2. The molecule has 0 aliphatic carbocycles. The van der Waals surface area contributed by atoms with Crippen LogP contribution >= 0.6 is 0 Å². The van der Waals surface area contributed by atoms with Crippen LogP contribution < -0.4 is 10.1 Å². The topological polar surface area (TPSA) is 80.8 Å². The van der Waals surface area contributed by atoms with Gasteiger partial charge in [0.25, 0.3) is 5.91 Å². The summed E-state index contributed by atoms with van der Waals surface area (Å²) in [6.07, 6.45) is 8.15. The normalized spacial score (nSPS) is 16.6. The van der Waals surface area contributed by atoms with Crippen molar-refractivity contribution in [2.45, 2.75) is 19.4 Å². The molecule has 2 aliphatic heterocycles. The lowest BCUT2D eigenvalue weighted by Crippen LogP contribution is -2.30. The molecule has 0 saturated heterocycles. The van der Waals surface area contributed by atoms with Gasteiger partial charge in [-0.1, -0.05) is 6.08 Å². The number of pyridine rings is 1. The summed E-state index contributed by atoms with van der Waals surface area (Å²) in [6, 6.07) is 6.31. The van der Waals surface area contributed by atoms with Gasteiger partial charge in [-0.2, -0.15) is 0 Å². The summed E-state index contributed by atoms with van der Waals surface area (Å²) in [5.41, 5.74) is 3.20. The Morgan fingerprint density at radius 3 is 3.00 bits per heavy atom. The predicted octanol–water partition coefficient (Wildman–Crippen LogP) is 3.42. The van der Waals surface area contributed by atoms with Gasteiger partial charge in [-0.15, -0.1) is 0 Å². The lowest BCUT2D eigenvalue weighted by molar-refractivity contribution is -0.125. The molecule has 0 saturated carbocycles. The minimum absolute atomic E-state index is 0.00744. The van der Waals surface area contributed by atoms with E-state index < -0.39 is 0 Å². The third-order valence-electron chi connectivity index (χ3n) is 5.41. The zero-order chi connectivity index (χ0) is 22.5. The fraction of sp³-hybridized carbons (Fsp3) is 0.292. The average Bonchev–Trinajstić information content (AvgIpc) is 3.15. The highest BCUT2D eigenvalue weighted by Crippen LogP contribution is 2.31. The SMILES string of the molecule is COc1ccc(F)cc1C1=CCCN(C(=O)/C=C/c2cnc3c(c2)COCC(=O)N3)CC1. The summed E-state index contributed by atoms with van der Waals surface area (Å²) in [5, 5.41) is 2.69. The van der Waals surface area contributed by atoms with Crippen molar-refractivity contribution in [1.29, 1.82) is 0 Å². The maximum atomic E-state index is 13.8. The van der Waals surface area contributed by atoms with Crippen LogP contribution in [0.5, 0.6) is 5.75 Å². The van der Waals surface area contributed by atoms with Crippen molar-refractivity contribution in [3.8, 4) is 5.75 Å². The van der Waals surface area contributed by atoms with Crippen molar-refractivity contribution in [1.82, 2.24) is 9.88 Å². The molecule has 3 heterocycles. The van der Waals surface area contributed by atoms with Gasteiger partial charge in [0, 0.05) is 36.5 Å². The van der Waals surface area contributed by atoms with E-state index in [2.05, 4.69) is 10.3 Å². The molecule has 0 unspecified atom stereocenters. The monoisotopic (exact) mass is 437 g/mol. The number of ether oxygens (including phenoxy) is 2. The third-order valence-corrected chi connectivity index (χ3v) is 5.41. The standard InChI is InChI=1S/C24H24FN3O4/c1-31-21-6-5-19(25)12-20(21)17-3-2-9-28(10-8-17)23(30)7-4-16-11-18-14-32-15-22(29)27-24(18)26-13-16/h3-7,11-13H,2,8-10,14-15H2,1H3,(H,26,27,29)/b7-4+. The average molecular weight is 437 g/mol. The number of nitrogens with zero attached hydrogens (tertiary/aromatic N) is 2. The maximum Gasteiger partial charge on any atom is 0.251 e. The van der Waals surface area contributed by atoms with Crippen molar-refractivity contribution in [3.63, 3.8) is 0 Å². The van der Waals surface area contributed by atoms with Crippen LogP contribution in [0.2, 0.25) is 0 Å². The molecule has 2 amide bonds. The van der Waals surface area contributed by atoms with Crippen molar-refractivity contribution in [2.24, 2.45) is 0 Å². The van der Waals surface area contributed by atoms with Crippen LogP contribution in [0.25, 0.3) is 11.6 Å². The van der Waals surface area contributed by atoms with Gasteiger partial charge in [0.05, 0.1) is 13.7 Å². The second-order valence-electron chi connectivity index (χ2n) is 7.59. The van der Waals surface area contributed by atoms with Crippen molar-refractivity contribution in [3.05, 3.63) is 65.1 Å². The van der Waals surface area contributed by atoms with Crippen molar-refractivity contribution in [2.75, 3.05) is 32.1 Å². The molecule has 2 aliphatic rings. The van der Waals surface area contributed by atoms with E-state index in [0.717, 1.165) is 22.3 Å². The molecule has 8 heteroatoms. The highest BCUT2D eigenvalue weighted by Gasteiger charge is 2.18. The second-order valence-corrected chi connectivity index (χ2v) is 7.59. The Hall–Kier alpha value is -3.52. The minimum atomic E-state index is -0.318. The van der Waals surface area contributed by atoms with Crippen LogP contribution in [-0.2, 0) is 20.9 Å². The molecule has 1 aromatic heterocycles. The largest absolute Gasteiger partial charge is 0.496 e. The maximum absolute atomic E-state index is 13.8. The minimum Gasteiger partial charge on any atom is -0.496 e. The predicted molar refractivity (Wildman–Crippen MR) is 118 cm³/mol. The van der Waals surface area contributed by atoms with E-state index in [4.69, 9.17) is 9.47 Å². The fourth-order valence-corrected chi connectivity index (χ4v) is 3.80. The molecule has 0 fully saturated rings. The Balaban J connectivity index is 1.41. The number of methoxy groups -OCH3 is 1. The van der Waals surface area contributed by atoms with Crippen LogP contribution in [0.3, 0.4) is 0 Å². The van der Waals surface area contributed by atoms with Gasteiger partial charge >= 0.3 is 0 Å². The number of amides is 2. The van der Waals surface area contributed by atoms with Crippen LogP contribution in [0.1, 0.15) is 29.5 Å². The van der Waals surface area contributed by atoms with Gasteiger partial charge in [-0.3, -0.25) is 9.59 Å². The van der Waals surface area contributed by atoms with E-state index in [0.29, 0.717) is 37.5 Å². The Morgan fingerprint density at radius 2 is 2.16 bits per heavy atom. The van der Waals surface area contributed by atoms with Crippen molar-refractivity contribution >= 4 is 29.3 Å². The molecule has 0 spiro atoms. The van der Waals surface area contributed by atoms with Gasteiger partial charge in [-0.05, 0) is 54.3 Å². The summed E-state index contributed by atoms with van der Waals surface area (Å²) in [5.74, 6) is 0.439. The number of benzene rings is 1. The van der Waals surface area contributed by atoms with E-state index in [1.807, 2.05) is 12.1 Å². The molecule has 166 valence electrons. The molecule has 0 bridgehead atoms. The Bertz CT molecular complexity index is 1100. The number of halogens is 1. The molecule has 4 rings (SSSR count). The summed E-state index contributed by atoms with van der Waals surface area (Å²) in [6.45, 7) is 1.37. The first-order valence-electron chi connectivity index (χ1n) is 10.4. The van der Waals surface area contributed by atoms with E-state index >= 15 is 0 Å². The van der Waals surface area contributed by atoms with Crippen molar-refractivity contribution < 1.29 is 23.5 Å². The lowest BCUT2D eigenvalue weighted by atomic mass is 10.0. The molecule has 1 N–H and O–H groups in total. The fourth-order valence-electron chi connectivity index (χ4n) is 3.80. The lowest BCUT2D eigenvalue weighted by Gasteiger charge is -2.19. The molecule has 32 heavy (non-hydrogen) atoms. The van der Waals surface area contributed by atoms with E-state index in [9.17, 15) is 14.0 Å². The third kappa shape index (κ3) is 5.03. The van der Waals surface area contributed by atoms with Gasteiger partial charge in [0.1, 0.15) is 24.0 Å². The Morgan fingerprint density at radius 1 is 1.28 bits per heavy atom. The summed E-state index contributed by atoms with van der Waals surface area (Å²) in [7, 11) is 1.56. The smallest absolute Gasteiger partial charge is 0.251 e. The quantitative estimate of drug-likeness (QED) is 0.742. The van der Waals surface area contributed by atoms with E-state index in [1.54, 1.807) is 30.3 Å². The molecular formula is C24H24FN3O4. The van der Waals surface area contributed by atoms with Gasteiger partial charge in [-0.25, -0.2) is 9.37 Å². The first kappa shape index (κ1) is 21.7. The number of hydrogen-bond acceptors (Lipinski definition) is 5. The zero-order valence-electron chi connectivity index (χ0n) is 17.8. The number of aromatic nitrogens is 1. The first-order chi connectivity index (χ1) is 15.5. The summed E-state index contributed by atoms with van der Waals surface area (Å²) < 4.78 is 24.4. The zero-order valence-corrected chi connectivity index (χ0v) is 17.8. The summed E-state index contributed by atoms with van der Waals surface area (Å²) in [4.78, 5) is 30.3. The molecule has 1 aromatic carbocycles. The Labute approximate surface area is 185 Å². The number of nitrogens with one attached hydrogen (secondary N) is 1. The van der Waals surface area contributed by atoms with E-state index in [1.165, 1.54) is 18.2 Å². The number of carbonyl (C=O) groups is 2. The summed E-state index contributed by atoms with van der Waals surface area (Å²) >= 11 is 0. The molecular weight excluding hydrogens is 413 g/mol. The second kappa shape index (κ2) is 9.74. The molecule has 0 atom stereocenters. The molecule has 2 aromatic rings. The van der Waals surface area contributed by atoms with Gasteiger partial charge in [0.2, 0.25) is 5.91 Å². The number of fused-ring (bicyclic) bond motifs is 1. The highest BCUT2D eigenvalue weighted by atomic mass is 19.1. The van der Waals surface area contributed by atoms with Gasteiger partial charge < -0.3 is 19.7 Å². The van der Waals surface area contributed by atoms with Crippen LogP contribution in [0, 0.1) is 5.82 Å². The number of hydrogen-bond donors (Lipinski definition) is 1. The highest BCUT2D eigenvalue weighted by molar-refractivity contribution is 5.93. The first-order valence-corrected chi connectivity index (χ1v) is 10.4. The molecule has 0 radical (unpaired) electrons. The van der Waals surface area contributed by atoms with Crippen LogP contribution in [0.4, 0.5) is 10.2 Å². The van der Waals surface area contributed by atoms with Gasteiger partial charge in [0.15, 0.2) is 0 Å². The van der Waals surface area contributed by atoms with Crippen LogP contribution in [-0.4, -0.2) is 48.5 Å². The molecule has 7 nitrogen and oxygen atoms in total. The Kier molecular flexibility index (Phi) is 6.61. The number of rotatable bonds is 4. The van der Waals surface area contributed by atoms with Crippen LogP contribution in [0.15, 0.2) is 42.6 Å². The van der Waals surface area contributed by atoms with E-state index in [-0.39, 0.29) is 30.8 Å².